The lowest BCUT2D eigenvalue weighted by Crippen LogP contribution is -2.49. The van der Waals surface area contributed by atoms with Crippen LogP contribution in [0.3, 0.4) is 0 Å². The van der Waals surface area contributed by atoms with E-state index in [1.165, 1.54) is 87.4 Å². The summed E-state index contributed by atoms with van der Waals surface area (Å²) in [5.74, 6) is 0. The normalized spacial score (nSPS) is 16.0. The molecule has 0 fully saturated rings. The molecule has 11 aromatic rings. The highest BCUT2D eigenvalue weighted by atomic mass is 15.6. The van der Waals surface area contributed by atoms with Crippen LogP contribution in [0, 0.1) is 0 Å². The molecule has 0 saturated heterocycles. The Bertz CT molecular complexity index is 3150. The minimum Gasteiger partial charge on any atom is -0.313 e. The van der Waals surface area contributed by atoms with Gasteiger partial charge in [-0.15, -0.1) is 0 Å². The van der Waals surface area contributed by atoms with Gasteiger partial charge in [-0.2, -0.15) is 0 Å². The van der Waals surface area contributed by atoms with E-state index in [0.29, 0.717) is 0 Å². The second-order valence-corrected chi connectivity index (χ2v) is 13.7. The van der Waals surface area contributed by atoms with E-state index in [9.17, 15) is 0 Å². The summed E-state index contributed by atoms with van der Waals surface area (Å²) in [5, 5.41) is 10.3. The summed E-state index contributed by atoms with van der Waals surface area (Å²) >= 11 is 0. The van der Waals surface area contributed by atoms with Crippen molar-refractivity contribution in [3.8, 4) is 5.69 Å². The minimum absolute atomic E-state index is 0.0278. The van der Waals surface area contributed by atoms with Crippen molar-refractivity contribution in [3.63, 3.8) is 0 Å². The molecular weight excluding hydrogens is 609 g/mol. The molecule has 4 heterocycles. The van der Waals surface area contributed by atoms with Crippen LogP contribution < -0.4 is 0 Å². The summed E-state index contributed by atoms with van der Waals surface area (Å²) in [6.45, 7) is 0. The van der Waals surface area contributed by atoms with Gasteiger partial charge in [0.1, 0.15) is 6.04 Å². The Kier molecular flexibility index (Phi) is 5.05. The smallest absolute Gasteiger partial charge is 0.152 e. The fourth-order valence-corrected chi connectivity index (χ4v) is 9.35. The highest BCUT2D eigenvalue weighted by Crippen LogP contribution is 2.53. The van der Waals surface area contributed by atoms with Crippen LogP contribution in [0.1, 0.15) is 17.8 Å². The van der Waals surface area contributed by atoms with E-state index in [2.05, 4.69) is 188 Å². The first-order chi connectivity index (χ1) is 24.9. The fourth-order valence-electron chi connectivity index (χ4n) is 9.35. The monoisotopic (exact) mass is 638 g/mol. The van der Waals surface area contributed by atoms with E-state index in [1.807, 2.05) is 0 Å². The van der Waals surface area contributed by atoms with Gasteiger partial charge in [-0.1, -0.05) is 133 Å². The largest absolute Gasteiger partial charge is 0.313 e. The van der Waals surface area contributed by atoms with E-state index in [1.54, 1.807) is 0 Å². The van der Waals surface area contributed by atoms with E-state index >= 15 is 0 Å². The third-order valence-electron chi connectivity index (χ3n) is 11.3. The molecule has 50 heavy (non-hydrogen) atoms. The third kappa shape index (κ3) is 3.17. The van der Waals surface area contributed by atoms with Crippen LogP contribution in [-0.4, -0.2) is 18.5 Å². The van der Waals surface area contributed by atoms with Crippen molar-refractivity contribution < 1.29 is 0 Å². The standard InChI is InChI=1S/C46H30N4/c1-3-16-30(17-4-1)43-46(50-38-26-14-13-25-37(38)49(43)50)48-39-28-27-29-15-7-8-20-32(29)41(39)42-34-22-10-9-21-33(34)40-35-23-11-12-24-36(35)47(44(40)45(42)48)31-18-5-2-6-19-31/h1-28,43,46H. The van der Waals surface area contributed by atoms with Crippen molar-refractivity contribution in [2.75, 3.05) is 0 Å². The van der Waals surface area contributed by atoms with E-state index < -0.39 is 0 Å². The highest BCUT2D eigenvalue weighted by Gasteiger charge is 2.45. The SMILES string of the molecule is c1ccc(C2C(n3c4ccc5ccccc5c4c4c5ccccc5c5c6ccccc6n(-c6ccccc6)c5c43)n3c4ccccc4n32)cc1. The second-order valence-electron chi connectivity index (χ2n) is 13.7. The summed E-state index contributed by atoms with van der Waals surface area (Å²) in [6, 6.07) is 62.6. The first kappa shape index (κ1) is 26.4. The zero-order valence-electron chi connectivity index (χ0n) is 27.1. The van der Waals surface area contributed by atoms with Gasteiger partial charge in [0.2, 0.25) is 0 Å². The summed E-state index contributed by atoms with van der Waals surface area (Å²) in [6.07, 6.45) is 0.0278. The molecule has 0 amide bonds. The van der Waals surface area contributed by atoms with Gasteiger partial charge in [0.05, 0.1) is 33.1 Å². The van der Waals surface area contributed by atoms with Gasteiger partial charge in [-0.05, 0) is 63.5 Å². The van der Waals surface area contributed by atoms with Crippen LogP contribution in [0.4, 0.5) is 0 Å². The minimum atomic E-state index is 0.0278. The number of benzene rings is 8. The average Bonchev–Trinajstić information content (AvgIpc) is 3.70. The van der Waals surface area contributed by atoms with Crippen LogP contribution in [0.15, 0.2) is 170 Å². The molecule has 12 rings (SSSR count). The predicted molar refractivity (Wildman–Crippen MR) is 208 cm³/mol. The molecule has 0 bridgehead atoms. The summed E-state index contributed by atoms with van der Waals surface area (Å²) in [7, 11) is 0. The molecule has 0 spiro atoms. The maximum Gasteiger partial charge on any atom is 0.152 e. The molecule has 3 aromatic heterocycles. The van der Waals surface area contributed by atoms with Crippen molar-refractivity contribution in [1.29, 1.82) is 0 Å². The lowest BCUT2D eigenvalue weighted by atomic mass is 9.96. The summed E-state index contributed by atoms with van der Waals surface area (Å²) in [5.41, 5.74) is 10.1. The topological polar surface area (TPSA) is 19.7 Å². The van der Waals surface area contributed by atoms with Crippen molar-refractivity contribution in [2.24, 2.45) is 0 Å². The zero-order valence-corrected chi connectivity index (χ0v) is 27.1. The van der Waals surface area contributed by atoms with Crippen LogP contribution in [0.2, 0.25) is 0 Å². The molecule has 4 heteroatoms. The Labute approximate surface area is 287 Å². The Balaban J connectivity index is 1.38. The number of hydrogen-bond donors (Lipinski definition) is 0. The Morgan fingerprint density at radius 3 is 1.70 bits per heavy atom. The van der Waals surface area contributed by atoms with Gasteiger partial charge in [0, 0.05) is 27.2 Å². The van der Waals surface area contributed by atoms with Crippen LogP contribution >= 0.6 is 0 Å². The van der Waals surface area contributed by atoms with Crippen molar-refractivity contribution in [1.82, 2.24) is 18.5 Å². The Morgan fingerprint density at radius 2 is 0.940 bits per heavy atom. The van der Waals surface area contributed by atoms with Crippen molar-refractivity contribution >= 4 is 76.2 Å². The van der Waals surface area contributed by atoms with Gasteiger partial charge < -0.3 is 9.13 Å². The Morgan fingerprint density at radius 1 is 0.360 bits per heavy atom. The molecule has 2 atom stereocenters. The highest BCUT2D eigenvalue weighted by molar-refractivity contribution is 6.38. The number of hydrogen-bond acceptors (Lipinski definition) is 0. The number of aromatic nitrogens is 4. The number of rotatable bonds is 3. The van der Waals surface area contributed by atoms with Gasteiger partial charge in [0.25, 0.3) is 0 Å². The maximum absolute atomic E-state index is 2.70. The Hall–Kier alpha value is -6.52. The molecule has 234 valence electrons. The molecule has 0 aliphatic carbocycles. The van der Waals surface area contributed by atoms with E-state index in [4.69, 9.17) is 0 Å². The summed E-state index contributed by atoms with van der Waals surface area (Å²) < 4.78 is 10.2. The van der Waals surface area contributed by atoms with Gasteiger partial charge in [-0.25, -0.2) is 0 Å². The predicted octanol–water partition coefficient (Wildman–Crippen LogP) is 11.6. The molecule has 0 saturated carbocycles. The van der Waals surface area contributed by atoms with Gasteiger partial charge >= 0.3 is 0 Å². The lowest BCUT2D eigenvalue weighted by molar-refractivity contribution is 0.145. The van der Waals surface area contributed by atoms with Gasteiger partial charge in [-0.3, -0.25) is 9.36 Å². The lowest BCUT2D eigenvalue weighted by Gasteiger charge is -2.50. The number of nitrogens with zero attached hydrogens (tertiary/aromatic N) is 4. The first-order valence-electron chi connectivity index (χ1n) is 17.5. The van der Waals surface area contributed by atoms with Crippen LogP contribution in [0.25, 0.3) is 81.9 Å². The molecule has 0 N–H and O–H groups in total. The molecule has 2 unspecified atom stereocenters. The number of fused-ring (bicyclic) bond motifs is 16. The molecule has 1 aliphatic heterocycles. The van der Waals surface area contributed by atoms with E-state index in [0.717, 1.165) is 0 Å². The van der Waals surface area contributed by atoms with Crippen LogP contribution in [-0.2, 0) is 0 Å². The average molecular weight is 639 g/mol. The second kappa shape index (κ2) is 9.55. The summed E-state index contributed by atoms with van der Waals surface area (Å²) in [4.78, 5) is 0. The van der Waals surface area contributed by atoms with Crippen molar-refractivity contribution in [2.45, 2.75) is 12.2 Å². The molecular formula is C46H30N4. The van der Waals surface area contributed by atoms with Gasteiger partial charge in [0.15, 0.2) is 6.17 Å². The maximum atomic E-state index is 2.70. The first-order valence-corrected chi connectivity index (χ1v) is 17.5. The zero-order chi connectivity index (χ0) is 32.5. The van der Waals surface area contributed by atoms with Crippen LogP contribution in [0.5, 0.6) is 0 Å². The number of para-hydroxylation sites is 4. The molecule has 4 nitrogen and oxygen atoms in total. The molecule has 8 aromatic carbocycles. The molecule has 1 aliphatic rings. The van der Waals surface area contributed by atoms with E-state index in [-0.39, 0.29) is 12.2 Å². The van der Waals surface area contributed by atoms with Crippen molar-refractivity contribution in [3.05, 3.63) is 175 Å². The quantitative estimate of drug-likeness (QED) is 0.183. The molecule has 0 radical (unpaired) electrons. The fraction of sp³-hybridized carbons (Fsp3) is 0.0435. The third-order valence-corrected chi connectivity index (χ3v) is 11.3.